The van der Waals surface area contributed by atoms with Crippen molar-refractivity contribution in [3.8, 4) is 0 Å². The third-order valence-electron chi connectivity index (χ3n) is 2.54. The van der Waals surface area contributed by atoms with Crippen LogP contribution in [0.2, 0.25) is 0 Å². The fourth-order valence-corrected chi connectivity index (χ4v) is 3.63. The van der Waals surface area contributed by atoms with Crippen molar-refractivity contribution in [3.63, 3.8) is 0 Å². The first-order valence-electron chi connectivity index (χ1n) is 4.61. The second kappa shape index (κ2) is 3.55. The van der Waals surface area contributed by atoms with E-state index < -0.39 is 10.0 Å². The molecule has 13 heavy (non-hydrogen) atoms. The smallest absolute Gasteiger partial charge is 0.215 e. The lowest BCUT2D eigenvalue weighted by Gasteiger charge is -2.30. The molecule has 1 rings (SSSR count). The van der Waals surface area contributed by atoms with Crippen LogP contribution in [0.5, 0.6) is 0 Å². The van der Waals surface area contributed by atoms with Gasteiger partial charge in [0.25, 0.3) is 0 Å². The molecule has 1 fully saturated rings. The van der Waals surface area contributed by atoms with E-state index in [4.69, 9.17) is 5.73 Å². The highest BCUT2D eigenvalue weighted by atomic mass is 32.2. The van der Waals surface area contributed by atoms with Crippen LogP contribution in [0.1, 0.15) is 26.7 Å². The molecule has 0 aromatic carbocycles. The monoisotopic (exact) mass is 206 g/mol. The van der Waals surface area contributed by atoms with Crippen LogP contribution < -0.4 is 5.73 Å². The number of nitrogens with two attached hydrogens (primary N) is 1. The zero-order chi connectivity index (χ0) is 10.1. The quantitative estimate of drug-likeness (QED) is 0.715. The first-order chi connectivity index (χ1) is 5.90. The Labute approximate surface area is 80.1 Å². The average molecular weight is 206 g/mol. The van der Waals surface area contributed by atoms with Gasteiger partial charge in [0.2, 0.25) is 10.0 Å². The summed E-state index contributed by atoms with van der Waals surface area (Å²) in [6.07, 6.45) is 1.90. The van der Waals surface area contributed by atoms with Crippen molar-refractivity contribution in [1.82, 2.24) is 4.31 Å². The van der Waals surface area contributed by atoms with E-state index in [9.17, 15) is 8.42 Å². The van der Waals surface area contributed by atoms with Crippen LogP contribution in [0.25, 0.3) is 0 Å². The van der Waals surface area contributed by atoms with Gasteiger partial charge in [0.15, 0.2) is 0 Å². The van der Waals surface area contributed by atoms with Crippen molar-refractivity contribution in [1.29, 1.82) is 0 Å². The molecule has 5 heteroatoms. The Morgan fingerprint density at radius 1 is 1.46 bits per heavy atom. The van der Waals surface area contributed by atoms with Crippen molar-refractivity contribution >= 4 is 10.0 Å². The van der Waals surface area contributed by atoms with Crippen molar-refractivity contribution < 1.29 is 8.42 Å². The van der Waals surface area contributed by atoms with Crippen LogP contribution >= 0.6 is 0 Å². The van der Waals surface area contributed by atoms with Gasteiger partial charge in [-0.05, 0) is 26.7 Å². The Morgan fingerprint density at radius 3 is 2.46 bits per heavy atom. The Bertz CT molecular complexity index is 272. The van der Waals surface area contributed by atoms with E-state index in [1.807, 2.05) is 13.8 Å². The molecule has 1 aliphatic rings. The first kappa shape index (κ1) is 10.9. The summed E-state index contributed by atoms with van der Waals surface area (Å²) >= 11 is 0. The van der Waals surface area contributed by atoms with Crippen molar-refractivity contribution in [3.05, 3.63) is 0 Å². The van der Waals surface area contributed by atoms with Crippen LogP contribution in [-0.4, -0.2) is 37.1 Å². The summed E-state index contributed by atoms with van der Waals surface area (Å²) in [6, 6.07) is 0. The van der Waals surface area contributed by atoms with Gasteiger partial charge in [-0.3, -0.25) is 0 Å². The van der Waals surface area contributed by atoms with Crippen molar-refractivity contribution in [2.45, 2.75) is 32.2 Å². The van der Waals surface area contributed by atoms with Gasteiger partial charge in [0.1, 0.15) is 0 Å². The minimum Gasteiger partial charge on any atom is -0.329 e. The summed E-state index contributed by atoms with van der Waals surface area (Å²) < 4.78 is 25.0. The Kier molecular flexibility index (Phi) is 2.99. The Morgan fingerprint density at radius 2 is 2.08 bits per heavy atom. The minimum atomic E-state index is -3.11. The van der Waals surface area contributed by atoms with Crippen molar-refractivity contribution in [2.75, 3.05) is 18.8 Å². The largest absolute Gasteiger partial charge is 0.329 e. The standard InChI is InChI=1S/C8H18N2O2S/c1-8(2)4-3-6-10(8)13(11,12)7-5-9/h3-7,9H2,1-2H3. The summed E-state index contributed by atoms with van der Waals surface area (Å²) in [7, 11) is -3.11. The first-order valence-corrected chi connectivity index (χ1v) is 6.22. The van der Waals surface area contributed by atoms with Crippen LogP contribution in [0.4, 0.5) is 0 Å². The summed E-state index contributed by atoms with van der Waals surface area (Å²) in [5.74, 6) is 0.0659. The molecule has 0 aliphatic carbocycles. The maximum Gasteiger partial charge on any atom is 0.215 e. The number of hydrogen-bond acceptors (Lipinski definition) is 3. The number of hydrogen-bond donors (Lipinski definition) is 1. The molecule has 4 nitrogen and oxygen atoms in total. The van der Waals surface area contributed by atoms with Gasteiger partial charge in [-0.1, -0.05) is 0 Å². The predicted octanol–water partition coefficient (Wildman–Crippen LogP) is 0.149. The molecule has 0 saturated carbocycles. The highest BCUT2D eigenvalue weighted by molar-refractivity contribution is 7.89. The van der Waals surface area contributed by atoms with E-state index in [1.165, 1.54) is 0 Å². The second-order valence-corrected chi connectivity index (χ2v) is 6.11. The molecular formula is C8H18N2O2S. The molecule has 1 aliphatic heterocycles. The van der Waals surface area contributed by atoms with E-state index in [-0.39, 0.29) is 17.8 Å². The zero-order valence-corrected chi connectivity index (χ0v) is 9.10. The zero-order valence-electron chi connectivity index (χ0n) is 8.28. The lowest BCUT2D eigenvalue weighted by atomic mass is 10.0. The van der Waals surface area contributed by atoms with Gasteiger partial charge in [-0.15, -0.1) is 0 Å². The fraction of sp³-hybridized carbons (Fsp3) is 1.00. The van der Waals surface area contributed by atoms with E-state index >= 15 is 0 Å². The molecule has 0 atom stereocenters. The lowest BCUT2D eigenvalue weighted by Crippen LogP contribution is -2.44. The minimum absolute atomic E-state index is 0.0659. The fourth-order valence-electron chi connectivity index (χ4n) is 1.86. The summed E-state index contributed by atoms with van der Waals surface area (Å²) in [5.41, 5.74) is 5.05. The normalized spacial score (nSPS) is 23.6. The Hall–Kier alpha value is -0.130. The van der Waals surface area contributed by atoms with Gasteiger partial charge in [-0.2, -0.15) is 4.31 Å². The van der Waals surface area contributed by atoms with Gasteiger partial charge >= 0.3 is 0 Å². The van der Waals surface area contributed by atoms with Gasteiger partial charge < -0.3 is 5.73 Å². The number of nitrogens with zero attached hydrogens (tertiary/aromatic N) is 1. The molecule has 0 bridgehead atoms. The van der Waals surface area contributed by atoms with E-state index in [0.29, 0.717) is 6.54 Å². The maximum absolute atomic E-state index is 11.7. The highest BCUT2D eigenvalue weighted by Crippen LogP contribution is 2.30. The molecule has 1 heterocycles. The van der Waals surface area contributed by atoms with Crippen LogP contribution in [0, 0.1) is 0 Å². The maximum atomic E-state index is 11.7. The van der Waals surface area contributed by atoms with Crippen molar-refractivity contribution in [2.24, 2.45) is 5.73 Å². The number of sulfonamides is 1. The summed E-state index contributed by atoms with van der Waals surface area (Å²) in [4.78, 5) is 0. The number of rotatable bonds is 3. The third kappa shape index (κ3) is 2.21. The van der Waals surface area contributed by atoms with Crippen LogP contribution in [0.15, 0.2) is 0 Å². The summed E-state index contributed by atoms with van der Waals surface area (Å²) in [5, 5.41) is 0. The molecular weight excluding hydrogens is 188 g/mol. The van der Waals surface area contributed by atoms with E-state index in [0.717, 1.165) is 12.8 Å². The van der Waals surface area contributed by atoms with E-state index in [2.05, 4.69) is 0 Å². The van der Waals surface area contributed by atoms with Crippen LogP contribution in [0.3, 0.4) is 0 Å². The molecule has 0 amide bonds. The topological polar surface area (TPSA) is 63.4 Å². The third-order valence-corrected chi connectivity index (χ3v) is 4.64. The van der Waals surface area contributed by atoms with E-state index in [1.54, 1.807) is 4.31 Å². The molecule has 0 unspecified atom stereocenters. The molecule has 0 spiro atoms. The predicted molar refractivity (Wildman–Crippen MR) is 52.9 cm³/mol. The molecule has 0 radical (unpaired) electrons. The Balaban J connectivity index is 2.83. The second-order valence-electron chi connectivity index (χ2n) is 4.09. The van der Waals surface area contributed by atoms with Crippen LogP contribution in [-0.2, 0) is 10.0 Å². The van der Waals surface area contributed by atoms with Gasteiger partial charge in [0.05, 0.1) is 5.75 Å². The highest BCUT2D eigenvalue weighted by Gasteiger charge is 2.39. The molecule has 78 valence electrons. The summed E-state index contributed by atoms with van der Waals surface area (Å²) in [6.45, 7) is 4.78. The molecule has 1 saturated heterocycles. The molecule has 0 aromatic heterocycles. The van der Waals surface area contributed by atoms with Gasteiger partial charge in [-0.25, -0.2) is 8.42 Å². The SMILES string of the molecule is CC1(C)CCCN1S(=O)(=O)CCN. The molecule has 2 N–H and O–H groups in total. The average Bonchev–Trinajstić information content (AvgIpc) is 2.29. The lowest BCUT2D eigenvalue weighted by molar-refractivity contribution is 0.292. The van der Waals surface area contributed by atoms with Gasteiger partial charge in [0, 0.05) is 18.6 Å². The molecule has 0 aromatic rings.